The van der Waals surface area contributed by atoms with E-state index in [-0.39, 0.29) is 4.90 Å². The van der Waals surface area contributed by atoms with Gasteiger partial charge in [-0.25, -0.2) is 8.42 Å². The molecule has 0 saturated carbocycles. The highest BCUT2D eigenvalue weighted by Gasteiger charge is 2.25. The van der Waals surface area contributed by atoms with Crippen molar-refractivity contribution in [3.63, 3.8) is 0 Å². The van der Waals surface area contributed by atoms with Crippen LogP contribution in [-0.4, -0.2) is 60.0 Å². The van der Waals surface area contributed by atoms with Gasteiger partial charge in [0.05, 0.1) is 14.2 Å². The van der Waals surface area contributed by atoms with Gasteiger partial charge in [0.15, 0.2) is 9.84 Å². The molecule has 0 spiro atoms. The zero-order valence-corrected chi connectivity index (χ0v) is 13.5. The third-order valence-electron chi connectivity index (χ3n) is 3.58. The van der Waals surface area contributed by atoms with Crippen LogP contribution in [0.15, 0.2) is 17.0 Å². The highest BCUT2D eigenvalue weighted by molar-refractivity contribution is 7.90. The van der Waals surface area contributed by atoms with Crippen LogP contribution < -0.4 is 14.8 Å². The van der Waals surface area contributed by atoms with Gasteiger partial charge in [-0.1, -0.05) is 0 Å². The third kappa shape index (κ3) is 3.66. The van der Waals surface area contributed by atoms with Gasteiger partial charge >= 0.3 is 0 Å². The fourth-order valence-electron chi connectivity index (χ4n) is 2.59. The Kier molecular flexibility index (Phi) is 5.08. The number of hydrogen-bond donors (Lipinski definition) is 1. The van der Waals surface area contributed by atoms with E-state index in [1.165, 1.54) is 13.4 Å². The Balaban J connectivity index is 2.49. The van der Waals surface area contributed by atoms with Crippen molar-refractivity contribution in [2.45, 2.75) is 11.4 Å². The number of sulfone groups is 1. The molecule has 0 aromatic heterocycles. The molecule has 1 fully saturated rings. The average Bonchev–Trinajstić information content (AvgIpc) is 2.46. The Morgan fingerprint density at radius 3 is 2.24 bits per heavy atom. The molecule has 118 valence electrons. The van der Waals surface area contributed by atoms with Gasteiger partial charge in [0, 0.05) is 44.5 Å². The van der Waals surface area contributed by atoms with Crippen molar-refractivity contribution in [2.75, 3.05) is 46.7 Å². The first-order valence-corrected chi connectivity index (χ1v) is 8.73. The predicted octanol–water partition coefficient (Wildman–Crippen LogP) is 0.513. The van der Waals surface area contributed by atoms with Crippen molar-refractivity contribution in [3.05, 3.63) is 17.7 Å². The molecule has 1 aliphatic rings. The number of rotatable bonds is 5. The Hall–Kier alpha value is -1.31. The summed E-state index contributed by atoms with van der Waals surface area (Å²) < 4.78 is 34.9. The first-order valence-electron chi connectivity index (χ1n) is 6.84. The smallest absolute Gasteiger partial charge is 0.179 e. The van der Waals surface area contributed by atoms with Gasteiger partial charge < -0.3 is 14.8 Å². The van der Waals surface area contributed by atoms with E-state index in [9.17, 15) is 8.42 Å². The molecule has 0 radical (unpaired) electrons. The number of hydrogen-bond acceptors (Lipinski definition) is 6. The monoisotopic (exact) mass is 314 g/mol. The lowest BCUT2D eigenvalue weighted by Gasteiger charge is -2.28. The van der Waals surface area contributed by atoms with E-state index in [1.54, 1.807) is 19.2 Å². The summed E-state index contributed by atoms with van der Waals surface area (Å²) in [4.78, 5) is 2.44. The second-order valence-corrected chi connectivity index (χ2v) is 7.03. The number of nitrogens with one attached hydrogen (secondary N) is 1. The van der Waals surface area contributed by atoms with Crippen molar-refractivity contribution in [3.8, 4) is 11.5 Å². The first kappa shape index (κ1) is 16.1. The van der Waals surface area contributed by atoms with Crippen LogP contribution in [0.3, 0.4) is 0 Å². The summed E-state index contributed by atoms with van der Waals surface area (Å²) in [6.07, 6.45) is 1.20. The molecular formula is C14H22N2O4S. The van der Waals surface area contributed by atoms with Gasteiger partial charge in [0.25, 0.3) is 0 Å². The summed E-state index contributed by atoms with van der Waals surface area (Å²) in [5.41, 5.74) is 0.668. The first-order chi connectivity index (χ1) is 9.97. The van der Waals surface area contributed by atoms with Gasteiger partial charge in [-0.2, -0.15) is 0 Å². The van der Waals surface area contributed by atoms with Crippen LogP contribution in [0, 0.1) is 0 Å². The van der Waals surface area contributed by atoms with Crippen LogP contribution in [0.1, 0.15) is 5.56 Å². The van der Waals surface area contributed by atoms with Crippen LogP contribution in [0.2, 0.25) is 0 Å². The van der Waals surface area contributed by atoms with Gasteiger partial charge in [0.1, 0.15) is 16.4 Å². The Morgan fingerprint density at radius 1 is 1.14 bits per heavy atom. The molecule has 0 amide bonds. The van der Waals surface area contributed by atoms with E-state index in [2.05, 4.69) is 10.2 Å². The zero-order chi connectivity index (χ0) is 15.5. The number of ether oxygens (including phenoxy) is 2. The molecule has 0 bridgehead atoms. The fourth-order valence-corrected chi connectivity index (χ4v) is 3.72. The van der Waals surface area contributed by atoms with E-state index in [0.29, 0.717) is 23.6 Å². The van der Waals surface area contributed by atoms with Gasteiger partial charge in [-0.3, -0.25) is 4.90 Å². The molecule has 1 aromatic carbocycles. The highest BCUT2D eigenvalue weighted by Crippen LogP contribution is 2.35. The van der Waals surface area contributed by atoms with E-state index in [1.807, 2.05) is 0 Å². The molecule has 6 nitrogen and oxygen atoms in total. The molecule has 7 heteroatoms. The molecule has 0 unspecified atom stereocenters. The number of methoxy groups -OCH3 is 2. The van der Waals surface area contributed by atoms with Crippen molar-refractivity contribution in [1.29, 1.82) is 0 Å². The molecule has 0 aliphatic carbocycles. The van der Waals surface area contributed by atoms with Crippen LogP contribution >= 0.6 is 0 Å². The molecule has 1 N–H and O–H groups in total. The maximum absolute atomic E-state index is 12.2. The quantitative estimate of drug-likeness (QED) is 0.854. The molecule has 2 rings (SSSR count). The molecule has 1 aromatic rings. The molecular weight excluding hydrogens is 292 g/mol. The molecule has 21 heavy (non-hydrogen) atoms. The molecule has 0 atom stereocenters. The SMILES string of the molecule is COc1ccc(OC)c(S(C)(=O)=O)c1CN1CCNCC1. The normalized spacial score (nSPS) is 16.7. The minimum absolute atomic E-state index is 0.225. The highest BCUT2D eigenvalue weighted by atomic mass is 32.2. The van der Waals surface area contributed by atoms with Crippen LogP contribution in [0.4, 0.5) is 0 Å². The molecule has 1 heterocycles. The standard InChI is InChI=1S/C14H22N2O4S/c1-19-12-4-5-13(20-2)14(21(3,17)18)11(12)10-16-8-6-15-7-9-16/h4-5,15H,6-10H2,1-3H3. The van der Waals surface area contributed by atoms with Gasteiger partial charge in [0.2, 0.25) is 0 Å². The Labute approximate surface area is 126 Å². The second kappa shape index (κ2) is 6.64. The Bertz CT molecular complexity index is 595. The summed E-state index contributed by atoms with van der Waals surface area (Å²) in [6.45, 7) is 4.10. The predicted molar refractivity (Wildman–Crippen MR) is 80.8 cm³/mol. The van der Waals surface area contributed by atoms with E-state index < -0.39 is 9.84 Å². The molecule has 1 aliphatic heterocycles. The minimum Gasteiger partial charge on any atom is -0.496 e. The lowest BCUT2D eigenvalue weighted by Crippen LogP contribution is -2.43. The summed E-state index contributed by atoms with van der Waals surface area (Å²) in [6, 6.07) is 3.39. The van der Waals surface area contributed by atoms with Crippen molar-refractivity contribution in [1.82, 2.24) is 10.2 Å². The van der Waals surface area contributed by atoms with E-state index in [0.717, 1.165) is 26.2 Å². The van der Waals surface area contributed by atoms with Gasteiger partial charge in [-0.05, 0) is 12.1 Å². The topological polar surface area (TPSA) is 67.9 Å². The maximum atomic E-state index is 12.2. The summed E-state index contributed by atoms with van der Waals surface area (Å²) >= 11 is 0. The van der Waals surface area contributed by atoms with Crippen molar-refractivity contribution in [2.24, 2.45) is 0 Å². The molecule has 1 saturated heterocycles. The van der Waals surface area contributed by atoms with Crippen molar-refractivity contribution < 1.29 is 17.9 Å². The lowest BCUT2D eigenvalue weighted by molar-refractivity contribution is 0.227. The third-order valence-corrected chi connectivity index (χ3v) is 4.77. The number of benzene rings is 1. The number of nitrogens with zero attached hydrogens (tertiary/aromatic N) is 1. The minimum atomic E-state index is -3.41. The fraction of sp³-hybridized carbons (Fsp3) is 0.571. The van der Waals surface area contributed by atoms with Crippen LogP contribution in [-0.2, 0) is 16.4 Å². The average molecular weight is 314 g/mol. The second-order valence-electron chi connectivity index (χ2n) is 5.08. The van der Waals surface area contributed by atoms with E-state index in [4.69, 9.17) is 9.47 Å². The Morgan fingerprint density at radius 2 is 1.71 bits per heavy atom. The zero-order valence-electron chi connectivity index (χ0n) is 12.7. The number of piperazine rings is 1. The maximum Gasteiger partial charge on any atom is 0.179 e. The largest absolute Gasteiger partial charge is 0.496 e. The van der Waals surface area contributed by atoms with Gasteiger partial charge in [-0.15, -0.1) is 0 Å². The van der Waals surface area contributed by atoms with Crippen LogP contribution in [0.25, 0.3) is 0 Å². The summed E-state index contributed by atoms with van der Waals surface area (Å²) in [5.74, 6) is 0.943. The summed E-state index contributed by atoms with van der Waals surface area (Å²) in [7, 11) is -0.379. The van der Waals surface area contributed by atoms with Crippen molar-refractivity contribution >= 4 is 9.84 Å². The summed E-state index contributed by atoms with van der Waals surface area (Å²) in [5, 5.41) is 3.28. The lowest BCUT2D eigenvalue weighted by atomic mass is 10.1. The van der Waals surface area contributed by atoms with E-state index >= 15 is 0 Å². The van der Waals surface area contributed by atoms with Crippen LogP contribution in [0.5, 0.6) is 11.5 Å².